The molecule has 10 heteroatoms. The van der Waals surface area contributed by atoms with Gasteiger partial charge in [-0.05, 0) is 67.8 Å². The molecule has 10 nitrogen and oxygen atoms in total. The number of benzene rings is 2. The van der Waals surface area contributed by atoms with Crippen LogP contribution in [0.3, 0.4) is 0 Å². The first kappa shape index (κ1) is 29.4. The Bertz CT molecular complexity index is 1630. The van der Waals surface area contributed by atoms with Gasteiger partial charge >= 0.3 is 0 Å². The molecule has 228 valence electrons. The quantitative estimate of drug-likeness (QED) is 0.307. The number of carbonyl (C=O) groups excluding carboxylic acids is 1. The molecule has 1 aliphatic rings. The van der Waals surface area contributed by atoms with Crippen molar-refractivity contribution in [2.45, 2.75) is 38.8 Å². The summed E-state index contributed by atoms with van der Waals surface area (Å²) in [5.74, 6) is 3.28. The Labute approximate surface area is 257 Å². The van der Waals surface area contributed by atoms with Crippen molar-refractivity contribution < 1.29 is 14.3 Å². The first-order valence-electron chi connectivity index (χ1n) is 15.3. The van der Waals surface area contributed by atoms with Gasteiger partial charge in [0.1, 0.15) is 11.6 Å². The van der Waals surface area contributed by atoms with Crippen LogP contribution in [0.25, 0.3) is 22.4 Å². The van der Waals surface area contributed by atoms with Crippen LogP contribution in [0.5, 0.6) is 11.5 Å². The predicted octanol–water partition coefficient (Wildman–Crippen LogP) is 4.97. The topological polar surface area (TPSA) is 101 Å². The molecule has 0 spiro atoms. The van der Waals surface area contributed by atoms with Crippen molar-refractivity contribution in [1.82, 2.24) is 34.3 Å². The van der Waals surface area contributed by atoms with Gasteiger partial charge in [0.2, 0.25) is 5.91 Å². The van der Waals surface area contributed by atoms with Crippen LogP contribution in [0.1, 0.15) is 30.7 Å². The van der Waals surface area contributed by atoms with E-state index in [1.165, 1.54) is 0 Å². The van der Waals surface area contributed by atoms with E-state index >= 15 is 0 Å². The van der Waals surface area contributed by atoms with Gasteiger partial charge in [-0.3, -0.25) is 14.7 Å². The maximum atomic E-state index is 13.5. The number of imidazole rings is 2. The van der Waals surface area contributed by atoms with E-state index in [9.17, 15) is 4.79 Å². The summed E-state index contributed by atoms with van der Waals surface area (Å²) in [7, 11) is 1.66. The predicted molar refractivity (Wildman–Crippen MR) is 169 cm³/mol. The number of pyridine rings is 1. The Morgan fingerprint density at radius 1 is 0.977 bits per heavy atom. The number of carbonyl (C=O) groups is 1. The van der Waals surface area contributed by atoms with Crippen molar-refractivity contribution in [3.05, 3.63) is 90.8 Å². The lowest BCUT2D eigenvalue weighted by Gasteiger charge is -2.25. The summed E-state index contributed by atoms with van der Waals surface area (Å²) in [6.07, 6.45) is 10.3. The number of ether oxygens (including phenoxy) is 2. The Morgan fingerprint density at radius 3 is 2.73 bits per heavy atom. The normalized spacial score (nSPS) is 15.3. The molecule has 0 saturated carbocycles. The molecule has 0 saturated heterocycles. The summed E-state index contributed by atoms with van der Waals surface area (Å²) >= 11 is 0. The highest BCUT2D eigenvalue weighted by Crippen LogP contribution is 2.32. The molecule has 3 aromatic heterocycles. The minimum absolute atomic E-state index is 0.108. The number of nitrogens with one attached hydrogen (secondary N) is 1. The van der Waals surface area contributed by atoms with Crippen LogP contribution in [0.2, 0.25) is 0 Å². The summed E-state index contributed by atoms with van der Waals surface area (Å²) in [5, 5.41) is 0. The zero-order chi connectivity index (χ0) is 30.1. The molecule has 4 heterocycles. The number of nitrogens with zero attached hydrogens (tertiary/aromatic N) is 6. The molecular weight excluding hydrogens is 554 g/mol. The van der Waals surface area contributed by atoms with Crippen LogP contribution in [0.4, 0.5) is 0 Å². The lowest BCUT2D eigenvalue weighted by molar-refractivity contribution is -0.130. The second kappa shape index (κ2) is 14.2. The second-order valence-corrected chi connectivity index (χ2v) is 11.1. The lowest BCUT2D eigenvalue weighted by Crippen LogP contribution is -2.36. The Hall–Kier alpha value is -4.70. The van der Waals surface area contributed by atoms with E-state index in [-0.39, 0.29) is 5.91 Å². The molecule has 5 aromatic rings. The van der Waals surface area contributed by atoms with Crippen molar-refractivity contribution in [3.63, 3.8) is 0 Å². The Morgan fingerprint density at radius 2 is 1.86 bits per heavy atom. The molecule has 0 radical (unpaired) electrons. The highest BCUT2D eigenvalue weighted by Gasteiger charge is 2.18. The summed E-state index contributed by atoms with van der Waals surface area (Å²) in [4.78, 5) is 35.1. The number of rotatable bonds is 5. The molecule has 6 rings (SSSR count). The number of amides is 1. The van der Waals surface area contributed by atoms with Crippen LogP contribution < -0.4 is 9.47 Å². The highest BCUT2D eigenvalue weighted by molar-refractivity contribution is 5.78. The zero-order valence-corrected chi connectivity index (χ0v) is 25.2. The standard InChI is InChI=1S/C34H39N7O3/c1-43-30-12-11-27-23-31(30)44-21-7-16-39(25-32-37-28-9-2-3-10-29(28)38-32)15-4-5-17-40(19-20-41-18-14-36-34(27)41)33(42)22-26-8-6-13-35-24-26/h2-3,6,8-14,18,23-24H,4-5,7,15-17,19-22,25H2,1H3,(H,37,38). The van der Waals surface area contributed by atoms with Crippen molar-refractivity contribution in [2.24, 2.45) is 0 Å². The number of para-hydroxylation sites is 2. The zero-order valence-electron chi connectivity index (χ0n) is 25.2. The minimum Gasteiger partial charge on any atom is -0.493 e. The van der Waals surface area contributed by atoms with Crippen molar-refractivity contribution in [3.8, 4) is 22.9 Å². The van der Waals surface area contributed by atoms with E-state index in [0.717, 1.165) is 72.7 Å². The number of methoxy groups -OCH3 is 1. The van der Waals surface area contributed by atoms with Gasteiger partial charge in [-0.15, -0.1) is 0 Å². The van der Waals surface area contributed by atoms with E-state index in [0.29, 0.717) is 44.2 Å². The van der Waals surface area contributed by atoms with E-state index < -0.39 is 0 Å². The molecule has 1 aliphatic heterocycles. The van der Waals surface area contributed by atoms with E-state index in [4.69, 9.17) is 14.5 Å². The minimum atomic E-state index is 0.108. The molecule has 2 bridgehead atoms. The van der Waals surface area contributed by atoms with Gasteiger partial charge in [-0.25, -0.2) is 9.97 Å². The fourth-order valence-corrected chi connectivity index (χ4v) is 5.73. The monoisotopic (exact) mass is 593 g/mol. The second-order valence-electron chi connectivity index (χ2n) is 11.1. The molecule has 1 N–H and O–H groups in total. The van der Waals surface area contributed by atoms with Crippen molar-refractivity contribution in [1.29, 1.82) is 0 Å². The van der Waals surface area contributed by atoms with Crippen LogP contribution >= 0.6 is 0 Å². The number of hydrogen-bond donors (Lipinski definition) is 1. The maximum absolute atomic E-state index is 13.5. The highest BCUT2D eigenvalue weighted by atomic mass is 16.5. The molecule has 0 aliphatic carbocycles. The third-order valence-corrected chi connectivity index (χ3v) is 8.02. The first-order chi connectivity index (χ1) is 21.7. The maximum Gasteiger partial charge on any atom is 0.227 e. The van der Waals surface area contributed by atoms with Crippen molar-refractivity contribution >= 4 is 16.9 Å². The van der Waals surface area contributed by atoms with Gasteiger partial charge in [0.25, 0.3) is 0 Å². The molecule has 1 amide bonds. The summed E-state index contributed by atoms with van der Waals surface area (Å²) in [6, 6.07) is 17.9. The van der Waals surface area contributed by atoms with Gasteiger partial charge in [0.05, 0.1) is 37.7 Å². The van der Waals surface area contributed by atoms with Crippen molar-refractivity contribution in [2.75, 3.05) is 39.9 Å². The smallest absolute Gasteiger partial charge is 0.227 e. The van der Waals surface area contributed by atoms with E-state index in [1.807, 2.05) is 59.6 Å². The molecule has 2 aromatic carbocycles. The molecule has 0 unspecified atom stereocenters. The van der Waals surface area contributed by atoms with Gasteiger partial charge < -0.3 is 23.9 Å². The number of fused-ring (bicyclic) bond motifs is 5. The third-order valence-electron chi connectivity index (χ3n) is 8.02. The molecule has 0 atom stereocenters. The summed E-state index contributed by atoms with van der Waals surface area (Å²) in [6.45, 7) is 4.94. The number of aromatic amines is 1. The first-order valence-corrected chi connectivity index (χ1v) is 15.3. The van der Waals surface area contributed by atoms with Gasteiger partial charge in [0, 0.05) is 56.5 Å². The number of aromatic nitrogens is 5. The average Bonchev–Trinajstić information content (AvgIpc) is 3.69. The number of hydrogen-bond acceptors (Lipinski definition) is 7. The van der Waals surface area contributed by atoms with E-state index in [2.05, 4.69) is 30.5 Å². The third kappa shape index (κ3) is 7.26. The fourth-order valence-electron chi connectivity index (χ4n) is 5.73. The fraction of sp³-hybridized carbons (Fsp3) is 0.353. The van der Waals surface area contributed by atoms with Crippen LogP contribution in [0, 0.1) is 0 Å². The van der Waals surface area contributed by atoms with Gasteiger partial charge in [-0.1, -0.05) is 18.2 Å². The molecule has 0 fully saturated rings. The largest absolute Gasteiger partial charge is 0.493 e. The SMILES string of the molecule is COc1ccc2cc1OCCCN(Cc1nc3ccccc3[nH]1)CCCCN(C(=O)Cc1cccnc1)CCn1ccnc1-2. The average molecular weight is 594 g/mol. The van der Waals surface area contributed by atoms with Gasteiger partial charge in [-0.2, -0.15) is 0 Å². The van der Waals surface area contributed by atoms with Crippen LogP contribution in [0.15, 0.2) is 79.4 Å². The molecule has 44 heavy (non-hydrogen) atoms. The summed E-state index contributed by atoms with van der Waals surface area (Å²) < 4.78 is 14.0. The van der Waals surface area contributed by atoms with E-state index in [1.54, 1.807) is 25.7 Å². The van der Waals surface area contributed by atoms with Gasteiger partial charge in [0.15, 0.2) is 11.5 Å². The Kier molecular flexibility index (Phi) is 9.47. The van der Waals surface area contributed by atoms with Crippen LogP contribution in [-0.4, -0.2) is 80.1 Å². The van der Waals surface area contributed by atoms with Crippen LogP contribution in [-0.2, 0) is 24.3 Å². The Balaban J connectivity index is 1.23. The molecular formula is C34H39N7O3. The lowest BCUT2D eigenvalue weighted by atomic mass is 10.1. The summed E-state index contributed by atoms with van der Waals surface area (Å²) in [5.41, 5.74) is 3.89. The number of H-pyrrole nitrogens is 1.